The van der Waals surface area contributed by atoms with Crippen molar-refractivity contribution in [3.8, 4) is 0 Å². The molecule has 0 radical (unpaired) electrons. The highest BCUT2D eigenvalue weighted by Gasteiger charge is 2.52. The molecule has 0 saturated carbocycles. The Hall–Kier alpha value is -0.315. The second kappa shape index (κ2) is 4.99. The van der Waals surface area contributed by atoms with Crippen LogP contribution < -0.4 is 4.78 Å². The minimum Gasteiger partial charge on any atom is -0.399 e. The van der Waals surface area contributed by atoms with Gasteiger partial charge in [-0.3, -0.25) is 0 Å². The third-order valence-electron chi connectivity index (χ3n) is 3.98. The molecule has 0 atom stereocenters. The van der Waals surface area contributed by atoms with E-state index in [4.69, 9.17) is 9.31 Å². The summed E-state index contributed by atoms with van der Waals surface area (Å²) >= 11 is 1.75. The Labute approximate surface area is 115 Å². The standard InChI is InChI=1S/C14H23BO2S/c1-6-7-8-11-9-12(18-10-11)15-16-13(2,3)14(4,5)17-15/h9-10H,6-8H2,1-5H3. The molecule has 4 heteroatoms. The van der Waals surface area contributed by atoms with Crippen LogP contribution in [0.2, 0.25) is 0 Å². The molecule has 1 saturated heterocycles. The van der Waals surface area contributed by atoms with Crippen LogP contribution in [0.25, 0.3) is 0 Å². The van der Waals surface area contributed by atoms with E-state index in [1.54, 1.807) is 11.3 Å². The summed E-state index contributed by atoms with van der Waals surface area (Å²) in [5, 5.41) is 2.23. The topological polar surface area (TPSA) is 18.5 Å². The third kappa shape index (κ3) is 2.66. The summed E-state index contributed by atoms with van der Waals surface area (Å²) in [6, 6.07) is 2.24. The summed E-state index contributed by atoms with van der Waals surface area (Å²) in [7, 11) is -0.199. The van der Waals surface area contributed by atoms with Crippen molar-refractivity contribution in [3.63, 3.8) is 0 Å². The maximum atomic E-state index is 6.06. The van der Waals surface area contributed by atoms with Crippen LogP contribution in [0.3, 0.4) is 0 Å². The van der Waals surface area contributed by atoms with E-state index in [-0.39, 0.29) is 18.3 Å². The van der Waals surface area contributed by atoms with Crippen LogP contribution in [-0.4, -0.2) is 18.3 Å². The van der Waals surface area contributed by atoms with Crippen LogP contribution in [0.5, 0.6) is 0 Å². The van der Waals surface area contributed by atoms with Crippen molar-refractivity contribution >= 4 is 23.2 Å². The highest BCUT2D eigenvalue weighted by Crippen LogP contribution is 2.36. The molecule has 0 unspecified atom stereocenters. The van der Waals surface area contributed by atoms with E-state index in [1.165, 1.54) is 23.2 Å². The van der Waals surface area contributed by atoms with E-state index < -0.39 is 0 Å². The number of hydrogen-bond acceptors (Lipinski definition) is 3. The van der Waals surface area contributed by atoms with Crippen molar-refractivity contribution in [1.29, 1.82) is 0 Å². The largest absolute Gasteiger partial charge is 0.505 e. The molecule has 0 bridgehead atoms. The Morgan fingerprint density at radius 3 is 2.33 bits per heavy atom. The Balaban J connectivity index is 2.07. The SMILES string of the molecule is CCCCc1csc(B2OC(C)(C)C(C)(C)O2)c1. The van der Waals surface area contributed by atoms with Crippen molar-refractivity contribution in [1.82, 2.24) is 0 Å². The quantitative estimate of drug-likeness (QED) is 0.778. The molecule has 1 aromatic heterocycles. The Kier molecular flexibility index (Phi) is 3.91. The number of aryl methyl sites for hydroxylation is 1. The average molecular weight is 266 g/mol. The van der Waals surface area contributed by atoms with Crippen molar-refractivity contribution in [2.45, 2.75) is 65.1 Å². The molecular weight excluding hydrogens is 243 g/mol. The lowest BCUT2D eigenvalue weighted by Gasteiger charge is -2.32. The molecule has 0 amide bonds. The Bertz CT molecular complexity index is 396. The second-order valence-electron chi connectivity index (χ2n) is 6.05. The fourth-order valence-electron chi connectivity index (χ4n) is 1.99. The summed E-state index contributed by atoms with van der Waals surface area (Å²) in [6.07, 6.45) is 3.65. The number of unbranched alkanes of at least 4 members (excludes halogenated alkanes) is 1. The van der Waals surface area contributed by atoms with Gasteiger partial charge in [-0.1, -0.05) is 13.3 Å². The Morgan fingerprint density at radius 2 is 1.78 bits per heavy atom. The minimum absolute atomic E-state index is 0.199. The van der Waals surface area contributed by atoms with Crippen LogP contribution in [0, 0.1) is 0 Å². The molecule has 2 rings (SSSR count). The molecule has 1 aliphatic heterocycles. The van der Waals surface area contributed by atoms with Crippen LogP contribution in [-0.2, 0) is 15.7 Å². The molecular formula is C14H23BO2S. The van der Waals surface area contributed by atoms with Gasteiger partial charge < -0.3 is 9.31 Å². The molecule has 18 heavy (non-hydrogen) atoms. The molecule has 2 nitrogen and oxygen atoms in total. The third-order valence-corrected chi connectivity index (χ3v) is 4.98. The van der Waals surface area contributed by atoms with E-state index in [2.05, 4.69) is 46.1 Å². The minimum atomic E-state index is -0.245. The first-order valence-electron chi connectivity index (χ1n) is 6.78. The second-order valence-corrected chi connectivity index (χ2v) is 6.99. The zero-order valence-corrected chi connectivity index (χ0v) is 12.9. The van der Waals surface area contributed by atoms with Gasteiger partial charge in [-0.2, -0.15) is 11.3 Å². The smallest absolute Gasteiger partial charge is 0.399 e. The average Bonchev–Trinajstić information content (AvgIpc) is 2.80. The fourth-order valence-corrected chi connectivity index (χ4v) is 2.89. The zero-order chi connectivity index (χ0) is 13.4. The maximum Gasteiger partial charge on any atom is 0.505 e. The van der Waals surface area contributed by atoms with E-state index in [9.17, 15) is 0 Å². The first-order chi connectivity index (χ1) is 8.36. The molecule has 100 valence electrons. The lowest BCUT2D eigenvalue weighted by molar-refractivity contribution is 0.00578. The van der Waals surface area contributed by atoms with Crippen molar-refractivity contribution in [2.24, 2.45) is 0 Å². The fraction of sp³-hybridized carbons (Fsp3) is 0.714. The first kappa shape index (κ1) is 14.1. The van der Waals surface area contributed by atoms with Gasteiger partial charge in [-0.15, -0.1) is 0 Å². The van der Waals surface area contributed by atoms with Gasteiger partial charge in [0.05, 0.1) is 11.2 Å². The number of thiophene rings is 1. The zero-order valence-electron chi connectivity index (χ0n) is 12.1. The molecule has 0 spiro atoms. The van der Waals surface area contributed by atoms with Gasteiger partial charge in [0.1, 0.15) is 0 Å². The highest BCUT2D eigenvalue weighted by atomic mass is 32.1. The summed E-state index contributed by atoms with van der Waals surface area (Å²) in [5.74, 6) is 0. The molecule has 1 aliphatic rings. The molecule has 1 fully saturated rings. The predicted octanol–water partition coefficient (Wildman–Crippen LogP) is 3.39. The van der Waals surface area contributed by atoms with Gasteiger partial charge in [0.25, 0.3) is 0 Å². The lowest BCUT2D eigenvalue weighted by atomic mass is 9.87. The Morgan fingerprint density at radius 1 is 1.17 bits per heavy atom. The van der Waals surface area contributed by atoms with E-state index >= 15 is 0 Å². The van der Waals surface area contributed by atoms with Crippen LogP contribution in [0.4, 0.5) is 0 Å². The molecule has 0 N–H and O–H groups in total. The summed E-state index contributed by atoms with van der Waals surface area (Å²) in [4.78, 5) is 0. The molecule has 0 aliphatic carbocycles. The van der Waals surface area contributed by atoms with E-state index in [1.807, 2.05) is 0 Å². The lowest BCUT2D eigenvalue weighted by Crippen LogP contribution is -2.41. The first-order valence-corrected chi connectivity index (χ1v) is 7.66. The molecule has 0 aromatic carbocycles. The van der Waals surface area contributed by atoms with E-state index in [0.717, 1.165) is 6.42 Å². The van der Waals surface area contributed by atoms with Gasteiger partial charge in [0.2, 0.25) is 0 Å². The predicted molar refractivity (Wildman–Crippen MR) is 78.6 cm³/mol. The van der Waals surface area contributed by atoms with Crippen molar-refractivity contribution in [2.75, 3.05) is 0 Å². The summed E-state index contributed by atoms with van der Waals surface area (Å²) in [6.45, 7) is 10.6. The summed E-state index contributed by atoms with van der Waals surface area (Å²) in [5.41, 5.74) is 0.919. The van der Waals surface area contributed by atoms with Crippen molar-refractivity contribution < 1.29 is 9.31 Å². The van der Waals surface area contributed by atoms with Crippen molar-refractivity contribution in [3.05, 3.63) is 17.0 Å². The summed E-state index contributed by atoms with van der Waals surface area (Å²) < 4.78 is 13.3. The molecule has 2 heterocycles. The maximum absolute atomic E-state index is 6.06. The number of rotatable bonds is 4. The highest BCUT2D eigenvalue weighted by molar-refractivity contribution is 7.20. The van der Waals surface area contributed by atoms with Crippen LogP contribution in [0.15, 0.2) is 11.4 Å². The monoisotopic (exact) mass is 266 g/mol. The molecule has 1 aromatic rings. The van der Waals surface area contributed by atoms with Crippen LogP contribution in [0.1, 0.15) is 53.0 Å². The van der Waals surface area contributed by atoms with Gasteiger partial charge in [0, 0.05) is 4.78 Å². The normalized spacial score (nSPS) is 21.5. The number of hydrogen-bond donors (Lipinski definition) is 0. The van der Waals surface area contributed by atoms with Gasteiger partial charge in [-0.25, -0.2) is 0 Å². The van der Waals surface area contributed by atoms with Gasteiger partial charge in [0.15, 0.2) is 0 Å². The van der Waals surface area contributed by atoms with E-state index in [0.29, 0.717) is 0 Å². The van der Waals surface area contributed by atoms with Gasteiger partial charge in [-0.05, 0) is 57.5 Å². The van der Waals surface area contributed by atoms with Crippen LogP contribution >= 0.6 is 11.3 Å². The van der Waals surface area contributed by atoms with Gasteiger partial charge >= 0.3 is 7.12 Å².